The van der Waals surface area contributed by atoms with E-state index in [9.17, 15) is 0 Å². The summed E-state index contributed by atoms with van der Waals surface area (Å²) in [5.74, 6) is 0.953. The molecule has 2 nitrogen and oxygen atoms in total. The highest BCUT2D eigenvalue weighted by atomic mass is 15.2. The lowest BCUT2D eigenvalue weighted by Crippen LogP contribution is -2.52. The quantitative estimate of drug-likeness (QED) is 0.813. The van der Waals surface area contributed by atoms with E-state index in [0.29, 0.717) is 5.54 Å². The second-order valence-electron chi connectivity index (χ2n) is 6.31. The first kappa shape index (κ1) is 13.4. The lowest BCUT2D eigenvalue weighted by molar-refractivity contribution is 0.148. The van der Waals surface area contributed by atoms with E-state index in [2.05, 4.69) is 31.0 Å². The van der Waals surface area contributed by atoms with E-state index in [1.165, 1.54) is 58.2 Å². The van der Waals surface area contributed by atoms with Crippen LogP contribution in [0.4, 0.5) is 0 Å². The van der Waals surface area contributed by atoms with Gasteiger partial charge in [-0.25, -0.2) is 0 Å². The highest BCUT2D eigenvalue weighted by Crippen LogP contribution is 2.31. The molecule has 1 saturated carbocycles. The van der Waals surface area contributed by atoms with Gasteiger partial charge in [0, 0.05) is 18.1 Å². The summed E-state index contributed by atoms with van der Waals surface area (Å²) in [6.45, 7) is 10.9. The van der Waals surface area contributed by atoms with Gasteiger partial charge in [-0.1, -0.05) is 20.8 Å². The summed E-state index contributed by atoms with van der Waals surface area (Å²) >= 11 is 0. The van der Waals surface area contributed by atoms with Crippen molar-refractivity contribution in [3.05, 3.63) is 0 Å². The zero-order chi connectivity index (χ0) is 12.3. The lowest BCUT2D eigenvalue weighted by atomic mass is 9.91. The third kappa shape index (κ3) is 3.03. The summed E-state index contributed by atoms with van der Waals surface area (Å²) < 4.78 is 0. The Morgan fingerprint density at radius 2 is 2.00 bits per heavy atom. The Morgan fingerprint density at radius 3 is 2.59 bits per heavy atom. The van der Waals surface area contributed by atoms with Gasteiger partial charge in [-0.2, -0.15) is 0 Å². The largest absolute Gasteiger partial charge is 0.310 e. The summed E-state index contributed by atoms with van der Waals surface area (Å²) in [6.07, 6.45) is 8.17. The van der Waals surface area contributed by atoms with Gasteiger partial charge in [0.25, 0.3) is 0 Å². The molecule has 17 heavy (non-hydrogen) atoms. The number of hydrogen-bond donors (Lipinski definition) is 1. The molecule has 0 bridgehead atoms. The Balaban J connectivity index is 2.01. The molecular weight excluding hydrogens is 208 g/mol. The van der Waals surface area contributed by atoms with E-state index in [4.69, 9.17) is 0 Å². The topological polar surface area (TPSA) is 15.3 Å². The van der Waals surface area contributed by atoms with Gasteiger partial charge >= 0.3 is 0 Å². The molecule has 1 aliphatic carbocycles. The molecule has 2 rings (SSSR count). The van der Waals surface area contributed by atoms with E-state index in [1.54, 1.807) is 0 Å². The lowest BCUT2D eigenvalue weighted by Gasteiger charge is -2.38. The van der Waals surface area contributed by atoms with Crippen LogP contribution in [0, 0.1) is 5.92 Å². The van der Waals surface area contributed by atoms with Crippen LogP contribution in [0.3, 0.4) is 0 Å². The molecule has 2 aliphatic rings. The molecule has 2 unspecified atom stereocenters. The van der Waals surface area contributed by atoms with E-state index < -0.39 is 0 Å². The average Bonchev–Trinajstić information content (AvgIpc) is 2.66. The minimum Gasteiger partial charge on any atom is -0.310 e. The van der Waals surface area contributed by atoms with Crippen LogP contribution in [0.5, 0.6) is 0 Å². The van der Waals surface area contributed by atoms with Crippen molar-refractivity contribution >= 4 is 0 Å². The van der Waals surface area contributed by atoms with E-state index >= 15 is 0 Å². The summed E-state index contributed by atoms with van der Waals surface area (Å²) in [7, 11) is 0. The molecule has 1 N–H and O–H groups in total. The van der Waals surface area contributed by atoms with Gasteiger partial charge in [-0.15, -0.1) is 0 Å². The van der Waals surface area contributed by atoms with Gasteiger partial charge < -0.3 is 5.32 Å². The molecular formula is C15H30N2. The summed E-state index contributed by atoms with van der Waals surface area (Å²) in [5.41, 5.74) is 0.391. The van der Waals surface area contributed by atoms with Crippen LogP contribution in [0.15, 0.2) is 0 Å². The second kappa shape index (κ2) is 5.71. The Bertz CT molecular complexity index is 235. The van der Waals surface area contributed by atoms with Crippen LogP contribution >= 0.6 is 0 Å². The van der Waals surface area contributed by atoms with Gasteiger partial charge in [-0.3, -0.25) is 4.90 Å². The zero-order valence-electron chi connectivity index (χ0n) is 12.0. The molecule has 100 valence electrons. The van der Waals surface area contributed by atoms with Crippen LogP contribution in [-0.4, -0.2) is 36.1 Å². The van der Waals surface area contributed by atoms with Crippen molar-refractivity contribution in [3.8, 4) is 0 Å². The van der Waals surface area contributed by atoms with E-state index in [0.717, 1.165) is 12.0 Å². The highest BCUT2D eigenvalue weighted by molar-refractivity contribution is 4.94. The van der Waals surface area contributed by atoms with Crippen LogP contribution in [0.25, 0.3) is 0 Å². The monoisotopic (exact) mass is 238 g/mol. The van der Waals surface area contributed by atoms with Crippen molar-refractivity contribution in [2.45, 2.75) is 70.9 Å². The zero-order valence-corrected chi connectivity index (χ0v) is 12.0. The maximum atomic E-state index is 3.82. The number of nitrogens with one attached hydrogen (secondary N) is 1. The fourth-order valence-corrected chi connectivity index (χ4v) is 3.70. The summed E-state index contributed by atoms with van der Waals surface area (Å²) in [5, 5.41) is 3.82. The van der Waals surface area contributed by atoms with Gasteiger partial charge in [-0.05, 0) is 57.5 Å². The Labute approximate surface area is 107 Å². The smallest absolute Gasteiger partial charge is 0.0303 e. The minimum absolute atomic E-state index is 0.391. The van der Waals surface area contributed by atoms with E-state index in [-0.39, 0.29) is 0 Å². The molecule has 1 heterocycles. The maximum Gasteiger partial charge on any atom is 0.0303 e. The predicted molar refractivity (Wildman–Crippen MR) is 74.3 cm³/mol. The summed E-state index contributed by atoms with van der Waals surface area (Å²) in [6, 6.07) is 0.877. The minimum atomic E-state index is 0.391. The van der Waals surface area contributed by atoms with Gasteiger partial charge in [0.15, 0.2) is 0 Å². The third-order valence-corrected chi connectivity index (χ3v) is 5.16. The van der Waals surface area contributed by atoms with Crippen molar-refractivity contribution in [3.63, 3.8) is 0 Å². The second-order valence-corrected chi connectivity index (χ2v) is 6.31. The van der Waals surface area contributed by atoms with Gasteiger partial charge in [0.05, 0.1) is 0 Å². The first-order valence-electron chi connectivity index (χ1n) is 7.68. The predicted octanol–water partition coefficient (Wildman–Crippen LogP) is 3.03. The van der Waals surface area contributed by atoms with Gasteiger partial charge in [0.1, 0.15) is 0 Å². The van der Waals surface area contributed by atoms with Crippen molar-refractivity contribution in [1.82, 2.24) is 10.2 Å². The maximum absolute atomic E-state index is 3.82. The Hall–Kier alpha value is -0.0800. The number of hydrogen-bond acceptors (Lipinski definition) is 2. The molecule has 2 heteroatoms. The first-order chi connectivity index (χ1) is 8.19. The molecule has 0 aromatic heterocycles. The van der Waals surface area contributed by atoms with Crippen LogP contribution in [-0.2, 0) is 0 Å². The average molecular weight is 238 g/mol. The molecule has 0 radical (unpaired) electrons. The summed E-state index contributed by atoms with van der Waals surface area (Å²) in [4.78, 5) is 2.80. The highest BCUT2D eigenvalue weighted by Gasteiger charge is 2.35. The standard InChI is InChI=1S/C15H30N2/c1-4-15(5-2)12-17(10-6-9-16-15)14-8-7-13(3)11-14/h13-14,16H,4-12H2,1-3H3. The number of nitrogens with zero attached hydrogens (tertiary/aromatic N) is 1. The normalized spacial score (nSPS) is 34.8. The van der Waals surface area contributed by atoms with Crippen molar-refractivity contribution < 1.29 is 0 Å². The Morgan fingerprint density at radius 1 is 1.24 bits per heavy atom. The van der Waals surface area contributed by atoms with Crippen molar-refractivity contribution in [2.24, 2.45) is 5.92 Å². The fourth-order valence-electron chi connectivity index (χ4n) is 3.70. The molecule has 0 amide bonds. The molecule has 0 spiro atoms. The molecule has 2 atom stereocenters. The molecule has 1 saturated heterocycles. The first-order valence-corrected chi connectivity index (χ1v) is 7.68. The molecule has 0 aromatic rings. The van der Waals surface area contributed by atoms with Crippen LogP contribution in [0.2, 0.25) is 0 Å². The van der Waals surface area contributed by atoms with Crippen molar-refractivity contribution in [2.75, 3.05) is 19.6 Å². The molecule has 2 fully saturated rings. The van der Waals surface area contributed by atoms with Crippen molar-refractivity contribution in [1.29, 1.82) is 0 Å². The van der Waals surface area contributed by atoms with E-state index in [1.807, 2.05) is 0 Å². The number of rotatable bonds is 3. The third-order valence-electron chi connectivity index (χ3n) is 5.16. The molecule has 1 aliphatic heterocycles. The fraction of sp³-hybridized carbons (Fsp3) is 1.00. The Kier molecular flexibility index (Phi) is 4.48. The molecule has 0 aromatic carbocycles. The van der Waals surface area contributed by atoms with Crippen LogP contribution in [0.1, 0.15) is 59.3 Å². The SMILES string of the molecule is CCC1(CC)CN(C2CCC(C)C2)CCCN1. The van der Waals surface area contributed by atoms with Gasteiger partial charge in [0.2, 0.25) is 0 Å². The van der Waals surface area contributed by atoms with Crippen LogP contribution < -0.4 is 5.32 Å².